The van der Waals surface area contributed by atoms with Crippen molar-refractivity contribution in [3.05, 3.63) is 71.4 Å². The van der Waals surface area contributed by atoms with Crippen LogP contribution in [-0.2, 0) is 5.54 Å². The fourth-order valence-corrected chi connectivity index (χ4v) is 7.77. The number of benzene rings is 2. The largest absolute Gasteiger partial charge is 0.497 e. The molecule has 2 nitrogen and oxygen atoms in total. The van der Waals surface area contributed by atoms with E-state index in [9.17, 15) is 0 Å². The van der Waals surface area contributed by atoms with E-state index >= 15 is 0 Å². The number of rotatable bonds is 4. The molecule has 3 heteroatoms. The first-order chi connectivity index (χ1) is 13.0. The molecule has 0 saturated carbocycles. The van der Waals surface area contributed by atoms with E-state index in [-0.39, 0.29) is 5.54 Å². The summed E-state index contributed by atoms with van der Waals surface area (Å²) in [7, 11) is 0.0850. The fraction of sp³-hybridized carbons (Fsp3) is 0.417. The minimum atomic E-state index is -1.66. The molecule has 0 spiro atoms. The molecule has 2 aromatic rings. The summed E-state index contributed by atoms with van der Waals surface area (Å²) in [5, 5.41) is 1.52. The third-order valence-corrected chi connectivity index (χ3v) is 9.46. The lowest BCUT2D eigenvalue weighted by Crippen LogP contribution is -2.42. The van der Waals surface area contributed by atoms with E-state index in [0.29, 0.717) is 5.92 Å². The van der Waals surface area contributed by atoms with Crippen LogP contribution in [0.5, 0.6) is 5.75 Å². The summed E-state index contributed by atoms with van der Waals surface area (Å²) in [4.78, 5) is 2.74. The van der Waals surface area contributed by atoms with Crippen molar-refractivity contribution in [3.8, 4) is 5.75 Å². The lowest BCUT2D eigenvalue weighted by molar-refractivity contribution is 0.223. The smallest absolute Gasteiger partial charge is 0.118 e. The van der Waals surface area contributed by atoms with Crippen molar-refractivity contribution in [3.63, 3.8) is 0 Å². The van der Waals surface area contributed by atoms with Gasteiger partial charge in [-0.25, -0.2) is 0 Å². The van der Waals surface area contributed by atoms with Crippen LogP contribution >= 0.6 is 0 Å². The van der Waals surface area contributed by atoms with Gasteiger partial charge >= 0.3 is 0 Å². The zero-order valence-corrected chi connectivity index (χ0v) is 18.0. The van der Waals surface area contributed by atoms with Crippen LogP contribution in [0.25, 0.3) is 0 Å². The van der Waals surface area contributed by atoms with Gasteiger partial charge in [-0.3, -0.25) is 4.90 Å². The molecule has 2 fully saturated rings. The lowest BCUT2D eigenvalue weighted by Gasteiger charge is -2.36. The summed E-state index contributed by atoms with van der Waals surface area (Å²) in [5.41, 5.74) is 5.90. The van der Waals surface area contributed by atoms with Crippen LogP contribution in [0.3, 0.4) is 0 Å². The third kappa shape index (κ3) is 3.07. The molecule has 0 aromatic heterocycles. The molecule has 0 amide bonds. The van der Waals surface area contributed by atoms with Crippen molar-refractivity contribution in [1.29, 1.82) is 0 Å². The summed E-state index contributed by atoms with van der Waals surface area (Å²) in [5.74, 6) is 1.55. The van der Waals surface area contributed by atoms with E-state index < -0.39 is 8.07 Å². The summed E-state index contributed by atoms with van der Waals surface area (Å²) in [6, 6.07) is 20.0. The van der Waals surface area contributed by atoms with E-state index in [0.717, 1.165) is 5.75 Å². The molecule has 2 atom stereocenters. The quantitative estimate of drug-likeness (QED) is 0.715. The summed E-state index contributed by atoms with van der Waals surface area (Å²) < 4.78 is 5.41. The minimum absolute atomic E-state index is 0.0880. The highest BCUT2D eigenvalue weighted by Crippen LogP contribution is 2.52. The second-order valence-corrected chi connectivity index (χ2v) is 13.0. The van der Waals surface area contributed by atoms with Crippen molar-refractivity contribution < 1.29 is 4.74 Å². The topological polar surface area (TPSA) is 12.5 Å². The average Bonchev–Trinajstić information content (AvgIpc) is 3.21. The molecule has 2 aliphatic rings. The van der Waals surface area contributed by atoms with Gasteiger partial charge in [0, 0.05) is 6.54 Å². The second-order valence-electron chi connectivity index (χ2n) is 8.73. The second kappa shape index (κ2) is 6.96. The first-order valence-electron chi connectivity index (χ1n) is 10.2. The van der Waals surface area contributed by atoms with Gasteiger partial charge in [-0.15, -0.1) is 0 Å². The Kier molecular flexibility index (Phi) is 4.77. The van der Waals surface area contributed by atoms with Crippen LogP contribution in [0.4, 0.5) is 0 Å². The van der Waals surface area contributed by atoms with Gasteiger partial charge in [-0.05, 0) is 48.6 Å². The van der Waals surface area contributed by atoms with E-state index in [1.807, 2.05) is 0 Å². The van der Waals surface area contributed by atoms with Crippen LogP contribution in [0.15, 0.2) is 65.9 Å². The van der Waals surface area contributed by atoms with Gasteiger partial charge in [-0.1, -0.05) is 73.4 Å². The third-order valence-electron chi connectivity index (χ3n) is 6.61. The highest BCUT2D eigenvalue weighted by Gasteiger charge is 2.52. The van der Waals surface area contributed by atoms with Gasteiger partial charge in [0.2, 0.25) is 0 Å². The maximum absolute atomic E-state index is 5.41. The number of nitrogens with zero attached hydrogens (tertiary/aromatic N) is 1. The van der Waals surface area contributed by atoms with Gasteiger partial charge in [0.25, 0.3) is 0 Å². The van der Waals surface area contributed by atoms with Crippen molar-refractivity contribution >= 4 is 13.3 Å². The molecule has 0 aliphatic carbocycles. The Labute approximate surface area is 164 Å². The number of hydrogen-bond donors (Lipinski definition) is 0. The molecule has 2 saturated heterocycles. The number of fused-ring (bicyclic) bond motifs is 1. The normalized spacial score (nSPS) is 27.1. The monoisotopic (exact) mass is 377 g/mol. The molecule has 2 aromatic carbocycles. The number of ether oxygens (including phenoxy) is 1. The van der Waals surface area contributed by atoms with Crippen LogP contribution in [0.2, 0.25) is 13.1 Å². The SMILES string of the molecule is COc1ccc([C@@]23CCCN2C[C@H](C)/C3=C\[Si](C)(C)c2ccccc2)cc1. The standard InChI is InChI=1S/C24H31NOSi/c1-19-17-25-16-8-15-24(25,20-11-13-21(26-2)14-12-20)23(19)18-27(3,4)22-9-6-5-7-10-22/h5-7,9-14,18-19H,8,15-17H2,1-4H3/b23-18+/t19-,24+/m0/s1. The molecule has 27 heavy (non-hydrogen) atoms. The Bertz CT molecular complexity index is 827. The highest BCUT2D eigenvalue weighted by atomic mass is 28.3. The Balaban J connectivity index is 1.82. The molecule has 0 radical (unpaired) electrons. The summed E-state index contributed by atoms with van der Waals surface area (Å²) in [6.07, 6.45) is 2.51. The number of methoxy groups -OCH3 is 1. The Morgan fingerprint density at radius 3 is 2.44 bits per heavy atom. The maximum Gasteiger partial charge on any atom is 0.118 e. The molecule has 0 N–H and O–H groups in total. The zero-order chi connectivity index (χ0) is 19.1. The van der Waals surface area contributed by atoms with Crippen molar-refractivity contribution in [1.82, 2.24) is 4.90 Å². The first kappa shape index (κ1) is 18.5. The zero-order valence-electron chi connectivity index (χ0n) is 17.0. The molecule has 142 valence electrons. The van der Waals surface area contributed by atoms with Crippen LogP contribution in [0.1, 0.15) is 25.3 Å². The van der Waals surface area contributed by atoms with Crippen LogP contribution in [0, 0.1) is 5.92 Å². The van der Waals surface area contributed by atoms with Gasteiger partial charge in [-0.2, -0.15) is 0 Å². The van der Waals surface area contributed by atoms with E-state index in [1.54, 1.807) is 12.7 Å². The van der Waals surface area contributed by atoms with Crippen molar-refractivity contribution in [2.75, 3.05) is 20.2 Å². The Hall–Kier alpha value is -1.84. The molecule has 0 bridgehead atoms. The molecule has 4 rings (SSSR count). The molecule has 2 heterocycles. The molecular formula is C24H31NOSi. The molecule has 2 aliphatic heterocycles. The summed E-state index contributed by atoms with van der Waals surface area (Å²) >= 11 is 0. The van der Waals surface area contributed by atoms with Gasteiger partial charge in [0.05, 0.1) is 12.6 Å². The van der Waals surface area contributed by atoms with Crippen molar-refractivity contribution in [2.24, 2.45) is 5.92 Å². The van der Waals surface area contributed by atoms with Gasteiger partial charge in [0.1, 0.15) is 13.8 Å². The summed E-state index contributed by atoms with van der Waals surface area (Å²) in [6.45, 7) is 9.78. The number of hydrogen-bond acceptors (Lipinski definition) is 2. The highest BCUT2D eigenvalue weighted by molar-refractivity contribution is 6.94. The Morgan fingerprint density at radius 2 is 1.78 bits per heavy atom. The predicted octanol–water partition coefficient (Wildman–Crippen LogP) is 4.72. The Morgan fingerprint density at radius 1 is 1.07 bits per heavy atom. The first-order valence-corrected chi connectivity index (χ1v) is 13.2. The maximum atomic E-state index is 5.41. The average molecular weight is 378 g/mol. The van der Waals surface area contributed by atoms with Crippen molar-refractivity contribution in [2.45, 2.75) is 38.4 Å². The van der Waals surface area contributed by atoms with E-state index in [2.05, 4.69) is 85.2 Å². The minimum Gasteiger partial charge on any atom is -0.497 e. The van der Waals surface area contributed by atoms with E-state index in [4.69, 9.17) is 4.74 Å². The van der Waals surface area contributed by atoms with Crippen LogP contribution in [-0.4, -0.2) is 33.2 Å². The van der Waals surface area contributed by atoms with Gasteiger partial charge in [0.15, 0.2) is 0 Å². The van der Waals surface area contributed by atoms with Crippen LogP contribution < -0.4 is 9.92 Å². The molecule has 0 unspecified atom stereocenters. The van der Waals surface area contributed by atoms with E-state index in [1.165, 1.54) is 36.7 Å². The lowest BCUT2D eigenvalue weighted by atomic mass is 9.80. The predicted molar refractivity (Wildman–Crippen MR) is 116 cm³/mol. The van der Waals surface area contributed by atoms with Gasteiger partial charge < -0.3 is 4.74 Å². The fourth-order valence-electron chi connectivity index (χ4n) is 5.25. The molecular weight excluding hydrogens is 346 g/mol.